The molecule has 0 saturated carbocycles. The van der Waals surface area contributed by atoms with Crippen molar-refractivity contribution >= 4 is 23.4 Å². The molecule has 0 radical (unpaired) electrons. The van der Waals surface area contributed by atoms with Crippen LogP contribution in [-0.2, 0) is 18.4 Å². The molecule has 0 saturated heterocycles. The molecule has 1 amide bonds. The Morgan fingerprint density at radius 1 is 1.33 bits per heavy atom. The maximum absolute atomic E-state index is 12.4. The first-order valence-corrected chi connectivity index (χ1v) is 7.72. The van der Waals surface area contributed by atoms with E-state index in [1.54, 1.807) is 4.90 Å². The smallest absolute Gasteiger partial charge is 0.237 e. The molecule has 2 rings (SSSR count). The highest BCUT2D eigenvalue weighted by molar-refractivity contribution is 7.99. The summed E-state index contributed by atoms with van der Waals surface area (Å²) in [6.07, 6.45) is 0. The van der Waals surface area contributed by atoms with Gasteiger partial charge in [-0.1, -0.05) is 30.0 Å². The van der Waals surface area contributed by atoms with Crippen LogP contribution in [0.25, 0.3) is 0 Å². The number of hydrogen-bond donors (Lipinski definition) is 1. The maximum atomic E-state index is 12.4. The molecule has 0 aliphatic carbocycles. The number of aromatic nitrogens is 3. The normalized spacial score (nSPS) is 10.6. The number of carbonyl (C=O) groups is 1. The molecule has 6 nitrogen and oxygen atoms in total. The zero-order chi connectivity index (χ0) is 15.2. The Hall–Kier alpha value is -1.86. The molecular weight excluding hydrogens is 286 g/mol. The van der Waals surface area contributed by atoms with Gasteiger partial charge in [0.1, 0.15) is 5.82 Å². The largest absolute Gasteiger partial charge is 0.324 e. The Morgan fingerprint density at radius 3 is 2.62 bits per heavy atom. The predicted octanol–water partition coefficient (Wildman–Crippen LogP) is 1.42. The van der Waals surface area contributed by atoms with E-state index in [9.17, 15) is 4.79 Å². The number of para-hydroxylation sites is 1. The Balaban J connectivity index is 2.01. The van der Waals surface area contributed by atoms with E-state index in [-0.39, 0.29) is 5.91 Å². The molecule has 1 aromatic carbocycles. The summed E-state index contributed by atoms with van der Waals surface area (Å²) >= 11 is 1.37. The third kappa shape index (κ3) is 3.62. The van der Waals surface area contributed by atoms with Crippen LogP contribution in [-0.4, -0.2) is 33.0 Å². The number of nitrogens with zero attached hydrogens (tertiary/aromatic N) is 4. The fraction of sp³-hybridized carbons (Fsp3) is 0.357. The average Bonchev–Trinajstić information content (AvgIpc) is 2.87. The van der Waals surface area contributed by atoms with Gasteiger partial charge >= 0.3 is 0 Å². The van der Waals surface area contributed by atoms with Crippen LogP contribution in [0.1, 0.15) is 12.7 Å². The van der Waals surface area contributed by atoms with Gasteiger partial charge in [-0.3, -0.25) is 4.79 Å². The molecule has 0 atom stereocenters. The number of carbonyl (C=O) groups excluding carboxylic acids is 1. The van der Waals surface area contributed by atoms with Crippen LogP contribution in [0.15, 0.2) is 35.5 Å². The highest BCUT2D eigenvalue weighted by atomic mass is 32.2. The monoisotopic (exact) mass is 305 g/mol. The summed E-state index contributed by atoms with van der Waals surface area (Å²) in [4.78, 5) is 14.1. The predicted molar refractivity (Wildman–Crippen MR) is 84.1 cm³/mol. The molecule has 0 aliphatic rings. The Labute approximate surface area is 128 Å². The van der Waals surface area contributed by atoms with Crippen LogP contribution in [0.3, 0.4) is 0 Å². The zero-order valence-corrected chi connectivity index (χ0v) is 13.0. The average molecular weight is 305 g/mol. The van der Waals surface area contributed by atoms with Gasteiger partial charge in [-0.25, -0.2) is 0 Å². The minimum atomic E-state index is 0.0472. The second kappa shape index (κ2) is 7.24. The number of amides is 1. The van der Waals surface area contributed by atoms with Crippen LogP contribution < -0.4 is 10.6 Å². The Morgan fingerprint density at radius 2 is 2.05 bits per heavy atom. The van der Waals surface area contributed by atoms with Crippen LogP contribution in [0, 0.1) is 0 Å². The molecule has 1 aromatic heterocycles. The SMILES string of the molecule is CCN(C(=O)CSc1nnc(CN)n1C)c1ccccc1. The number of nitrogens with two attached hydrogens (primary N) is 1. The lowest BCUT2D eigenvalue weighted by atomic mass is 10.3. The quantitative estimate of drug-likeness (QED) is 0.817. The van der Waals surface area contributed by atoms with E-state index >= 15 is 0 Å². The number of anilines is 1. The summed E-state index contributed by atoms with van der Waals surface area (Å²) in [5.74, 6) is 1.07. The first kappa shape index (κ1) is 15.5. The van der Waals surface area contributed by atoms with Crippen molar-refractivity contribution in [2.45, 2.75) is 18.6 Å². The van der Waals surface area contributed by atoms with Crippen LogP contribution in [0.2, 0.25) is 0 Å². The molecule has 0 spiro atoms. The fourth-order valence-corrected chi connectivity index (χ4v) is 2.77. The molecule has 112 valence electrons. The summed E-state index contributed by atoms with van der Waals surface area (Å²) in [5.41, 5.74) is 6.47. The van der Waals surface area contributed by atoms with Gasteiger partial charge in [0.05, 0.1) is 12.3 Å². The van der Waals surface area contributed by atoms with Gasteiger partial charge in [0.2, 0.25) is 5.91 Å². The van der Waals surface area contributed by atoms with Gasteiger partial charge in [-0.2, -0.15) is 0 Å². The van der Waals surface area contributed by atoms with Crippen molar-refractivity contribution in [3.05, 3.63) is 36.2 Å². The van der Waals surface area contributed by atoms with E-state index in [1.807, 2.05) is 48.9 Å². The molecule has 1 heterocycles. The van der Waals surface area contributed by atoms with Crippen molar-refractivity contribution in [3.63, 3.8) is 0 Å². The second-order valence-corrected chi connectivity index (χ2v) is 5.37. The third-order valence-corrected chi connectivity index (χ3v) is 4.12. The summed E-state index contributed by atoms with van der Waals surface area (Å²) < 4.78 is 1.82. The molecule has 2 aromatic rings. The summed E-state index contributed by atoms with van der Waals surface area (Å²) in [6.45, 7) is 2.93. The van der Waals surface area contributed by atoms with Gasteiger partial charge in [0.15, 0.2) is 5.16 Å². The highest BCUT2D eigenvalue weighted by Gasteiger charge is 2.16. The fourth-order valence-electron chi connectivity index (χ4n) is 1.96. The molecule has 0 unspecified atom stereocenters. The molecule has 21 heavy (non-hydrogen) atoms. The van der Waals surface area contributed by atoms with Crippen molar-refractivity contribution in [2.24, 2.45) is 12.8 Å². The van der Waals surface area contributed by atoms with Crippen molar-refractivity contribution in [3.8, 4) is 0 Å². The number of benzene rings is 1. The highest BCUT2D eigenvalue weighted by Crippen LogP contribution is 2.19. The van der Waals surface area contributed by atoms with E-state index in [2.05, 4.69) is 10.2 Å². The Kier molecular flexibility index (Phi) is 5.35. The van der Waals surface area contributed by atoms with Crippen molar-refractivity contribution in [1.82, 2.24) is 14.8 Å². The van der Waals surface area contributed by atoms with Gasteiger partial charge < -0.3 is 15.2 Å². The molecule has 0 aliphatic heterocycles. The lowest BCUT2D eigenvalue weighted by Gasteiger charge is -2.20. The molecular formula is C14H19N5OS. The van der Waals surface area contributed by atoms with Gasteiger partial charge in [0.25, 0.3) is 0 Å². The van der Waals surface area contributed by atoms with Crippen molar-refractivity contribution < 1.29 is 4.79 Å². The van der Waals surface area contributed by atoms with E-state index in [0.29, 0.717) is 29.8 Å². The van der Waals surface area contributed by atoms with E-state index < -0.39 is 0 Å². The number of rotatable bonds is 6. The van der Waals surface area contributed by atoms with Gasteiger partial charge in [-0.15, -0.1) is 10.2 Å². The third-order valence-electron chi connectivity index (χ3n) is 3.12. The molecule has 0 fully saturated rings. The summed E-state index contributed by atoms with van der Waals surface area (Å²) in [6, 6.07) is 9.65. The van der Waals surface area contributed by atoms with Gasteiger partial charge in [-0.05, 0) is 19.1 Å². The minimum absolute atomic E-state index is 0.0472. The van der Waals surface area contributed by atoms with E-state index in [0.717, 1.165) is 5.69 Å². The topological polar surface area (TPSA) is 77.0 Å². The first-order valence-electron chi connectivity index (χ1n) is 6.74. The van der Waals surface area contributed by atoms with E-state index in [4.69, 9.17) is 5.73 Å². The molecule has 2 N–H and O–H groups in total. The summed E-state index contributed by atoms with van der Waals surface area (Å²) in [7, 11) is 1.85. The van der Waals surface area contributed by atoms with Crippen molar-refractivity contribution in [1.29, 1.82) is 0 Å². The molecule has 7 heteroatoms. The number of hydrogen-bond acceptors (Lipinski definition) is 5. The van der Waals surface area contributed by atoms with Crippen molar-refractivity contribution in [2.75, 3.05) is 17.2 Å². The lowest BCUT2D eigenvalue weighted by Crippen LogP contribution is -2.32. The maximum Gasteiger partial charge on any atom is 0.237 e. The molecule has 0 bridgehead atoms. The van der Waals surface area contributed by atoms with Crippen LogP contribution in [0.5, 0.6) is 0 Å². The standard InChI is InChI=1S/C14H19N5OS/c1-3-19(11-7-5-4-6-8-11)13(20)10-21-14-17-16-12(9-15)18(14)2/h4-8H,3,9-10,15H2,1-2H3. The summed E-state index contributed by atoms with van der Waals surface area (Å²) in [5, 5.41) is 8.72. The Bertz CT molecular complexity index is 599. The van der Waals surface area contributed by atoms with Gasteiger partial charge in [0, 0.05) is 19.3 Å². The lowest BCUT2D eigenvalue weighted by molar-refractivity contribution is -0.116. The van der Waals surface area contributed by atoms with E-state index in [1.165, 1.54) is 11.8 Å². The zero-order valence-electron chi connectivity index (χ0n) is 12.2. The van der Waals surface area contributed by atoms with Crippen LogP contribution >= 0.6 is 11.8 Å². The second-order valence-electron chi connectivity index (χ2n) is 4.42. The van der Waals surface area contributed by atoms with Crippen LogP contribution in [0.4, 0.5) is 5.69 Å². The number of thioether (sulfide) groups is 1. The minimum Gasteiger partial charge on any atom is -0.324 e. The first-order chi connectivity index (χ1) is 10.2.